The number of fused-ring (bicyclic) bond motifs is 2. The molecule has 1 saturated heterocycles. The van der Waals surface area contributed by atoms with Gasteiger partial charge in [0.1, 0.15) is 36.5 Å². The summed E-state index contributed by atoms with van der Waals surface area (Å²) in [6.07, 6.45) is 0.851. The summed E-state index contributed by atoms with van der Waals surface area (Å²) in [5.74, 6) is -0.0903. The number of aromatic nitrogens is 1. The second-order valence-corrected chi connectivity index (χ2v) is 10.3. The van der Waals surface area contributed by atoms with Gasteiger partial charge in [0.25, 0.3) is 5.78 Å². The first-order valence-corrected chi connectivity index (χ1v) is 13.6. The molecule has 3 heterocycles. The van der Waals surface area contributed by atoms with Gasteiger partial charge in [-0.05, 0) is 60.5 Å². The van der Waals surface area contributed by atoms with Crippen LogP contribution in [-0.4, -0.2) is 49.2 Å². The number of aliphatic hydroxyl groups is 1. The molecular formula is C30H26N2O7S. The number of rotatable bonds is 6. The predicted octanol–water partition coefficient (Wildman–Crippen LogP) is 5.27. The van der Waals surface area contributed by atoms with Gasteiger partial charge in [0, 0.05) is 11.1 Å². The quantitative estimate of drug-likeness (QED) is 0.194. The van der Waals surface area contributed by atoms with E-state index < -0.39 is 17.7 Å². The van der Waals surface area contributed by atoms with Gasteiger partial charge in [-0.25, -0.2) is 4.98 Å². The number of methoxy groups -OCH3 is 2. The number of aryl methyl sites for hydroxylation is 1. The van der Waals surface area contributed by atoms with Crippen LogP contribution in [0.3, 0.4) is 0 Å². The molecule has 4 aromatic rings. The minimum Gasteiger partial charge on any atom is -0.507 e. The molecule has 2 aliphatic heterocycles. The van der Waals surface area contributed by atoms with Crippen LogP contribution >= 0.6 is 11.3 Å². The maximum Gasteiger partial charge on any atom is 0.301 e. The monoisotopic (exact) mass is 558 g/mol. The van der Waals surface area contributed by atoms with Gasteiger partial charge in [-0.2, -0.15) is 0 Å². The van der Waals surface area contributed by atoms with E-state index in [9.17, 15) is 14.7 Å². The minimum atomic E-state index is -1.04. The summed E-state index contributed by atoms with van der Waals surface area (Å²) in [6, 6.07) is 14.9. The van der Waals surface area contributed by atoms with Crippen LogP contribution in [0.1, 0.15) is 29.7 Å². The van der Waals surface area contributed by atoms with Crippen molar-refractivity contribution in [2.75, 3.05) is 32.3 Å². The average molecular weight is 559 g/mol. The number of ketones is 1. The molecule has 1 fully saturated rings. The first kappa shape index (κ1) is 25.7. The first-order chi connectivity index (χ1) is 19.4. The molecule has 6 rings (SSSR count). The molecule has 204 valence electrons. The number of nitrogens with zero attached hydrogens (tertiary/aromatic N) is 2. The van der Waals surface area contributed by atoms with E-state index in [4.69, 9.17) is 23.9 Å². The lowest BCUT2D eigenvalue weighted by molar-refractivity contribution is -0.132. The molecule has 9 nitrogen and oxygen atoms in total. The van der Waals surface area contributed by atoms with Crippen molar-refractivity contribution in [1.29, 1.82) is 0 Å². The Morgan fingerprint density at radius 1 is 1.02 bits per heavy atom. The lowest BCUT2D eigenvalue weighted by atomic mass is 9.94. The van der Waals surface area contributed by atoms with Crippen LogP contribution in [0.5, 0.6) is 23.0 Å². The lowest BCUT2D eigenvalue weighted by Gasteiger charge is -2.25. The molecule has 3 aromatic carbocycles. The van der Waals surface area contributed by atoms with E-state index in [1.165, 1.54) is 30.5 Å². The van der Waals surface area contributed by atoms with E-state index in [-0.39, 0.29) is 11.3 Å². The molecule has 1 aromatic heterocycles. The van der Waals surface area contributed by atoms with Crippen molar-refractivity contribution in [2.24, 2.45) is 0 Å². The molecule has 0 spiro atoms. The summed E-state index contributed by atoms with van der Waals surface area (Å²) in [7, 11) is 3.03. The molecule has 0 bridgehead atoms. The Labute approximate surface area is 234 Å². The number of carbonyl (C=O) groups is 2. The highest BCUT2D eigenvalue weighted by atomic mass is 32.1. The van der Waals surface area contributed by atoms with E-state index in [1.807, 2.05) is 18.2 Å². The predicted molar refractivity (Wildman–Crippen MR) is 151 cm³/mol. The number of thiazole rings is 1. The SMILES string of the molecule is CCc1ccc2nc(N3C(=O)C(=O)/C(=C(/O)c4ccc5c(c4)OCCO5)C3c3cc(OC)ccc3OC)sc2c1. The Morgan fingerprint density at radius 2 is 1.82 bits per heavy atom. The maximum atomic E-state index is 13.7. The molecule has 1 N–H and O–H groups in total. The molecule has 10 heteroatoms. The smallest absolute Gasteiger partial charge is 0.301 e. The lowest BCUT2D eigenvalue weighted by Crippen LogP contribution is -2.29. The molecule has 0 radical (unpaired) electrons. The Hall–Kier alpha value is -4.57. The third kappa shape index (κ3) is 4.21. The fraction of sp³-hybridized carbons (Fsp3) is 0.233. The summed E-state index contributed by atoms with van der Waals surface area (Å²) in [4.78, 5) is 33.4. The fourth-order valence-electron chi connectivity index (χ4n) is 5.00. The number of benzene rings is 3. The number of aliphatic hydroxyl groups excluding tert-OH is 1. The summed E-state index contributed by atoms with van der Waals surface area (Å²) >= 11 is 1.31. The third-order valence-corrected chi connectivity index (χ3v) is 8.06. The number of amides is 1. The van der Waals surface area contributed by atoms with Crippen molar-refractivity contribution in [3.8, 4) is 23.0 Å². The maximum absolute atomic E-state index is 13.7. The Balaban J connectivity index is 1.58. The molecule has 2 aliphatic rings. The Morgan fingerprint density at radius 3 is 2.58 bits per heavy atom. The summed E-state index contributed by atoms with van der Waals surface area (Å²) < 4.78 is 23.3. The van der Waals surface area contributed by atoms with Gasteiger partial charge in [-0.3, -0.25) is 14.5 Å². The third-order valence-electron chi connectivity index (χ3n) is 7.05. The zero-order valence-corrected chi connectivity index (χ0v) is 22.9. The topological polar surface area (TPSA) is 107 Å². The van der Waals surface area contributed by atoms with Crippen LogP contribution in [0.15, 0.2) is 60.2 Å². The number of hydrogen-bond acceptors (Lipinski definition) is 9. The highest BCUT2D eigenvalue weighted by molar-refractivity contribution is 7.22. The first-order valence-electron chi connectivity index (χ1n) is 12.8. The Kier molecular flexibility index (Phi) is 6.55. The van der Waals surface area contributed by atoms with E-state index in [0.29, 0.717) is 58.0 Å². The van der Waals surface area contributed by atoms with E-state index in [0.717, 1.165) is 16.7 Å². The summed E-state index contributed by atoms with van der Waals surface area (Å²) in [6.45, 7) is 2.84. The van der Waals surface area contributed by atoms with Crippen molar-refractivity contribution in [2.45, 2.75) is 19.4 Å². The highest BCUT2D eigenvalue weighted by Crippen LogP contribution is 2.48. The molecule has 0 saturated carbocycles. The van der Waals surface area contributed by atoms with Crippen molar-refractivity contribution in [3.05, 3.63) is 76.9 Å². The van der Waals surface area contributed by atoms with Crippen LogP contribution in [0.2, 0.25) is 0 Å². The number of anilines is 1. The molecule has 1 unspecified atom stereocenters. The van der Waals surface area contributed by atoms with Gasteiger partial charge in [-0.1, -0.05) is 24.3 Å². The van der Waals surface area contributed by atoms with Gasteiger partial charge in [0.15, 0.2) is 16.6 Å². The van der Waals surface area contributed by atoms with Gasteiger partial charge in [0.05, 0.1) is 30.0 Å². The van der Waals surface area contributed by atoms with Crippen LogP contribution in [0.4, 0.5) is 5.13 Å². The van der Waals surface area contributed by atoms with Crippen molar-refractivity contribution >= 4 is 44.1 Å². The van der Waals surface area contributed by atoms with Gasteiger partial charge in [0.2, 0.25) is 0 Å². The van der Waals surface area contributed by atoms with E-state index >= 15 is 0 Å². The number of Topliss-reactive ketones (excluding diaryl/α,β-unsaturated/α-hetero) is 1. The molecule has 1 amide bonds. The van der Waals surface area contributed by atoms with Crippen LogP contribution in [0.25, 0.3) is 16.0 Å². The van der Waals surface area contributed by atoms with Gasteiger partial charge in [-0.15, -0.1) is 0 Å². The van der Waals surface area contributed by atoms with E-state index in [1.54, 1.807) is 36.4 Å². The zero-order chi connectivity index (χ0) is 28.0. The van der Waals surface area contributed by atoms with Crippen molar-refractivity contribution in [1.82, 2.24) is 4.98 Å². The average Bonchev–Trinajstić information content (AvgIpc) is 3.53. The van der Waals surface area contributed by atoms with Gasteiger partial charge >= 0.3 is 5.91 Å². The zero-order valence-electron chi connectivity index (χ0n) is 22.1. The fourth-order valence-corrected chi connectivity index (χ4v) is 6.06. The van der Waals surface area contributed by atoms with Crippen molar-refractivity contribution < 1.29 is 33.6 Å². The molecule has 0 aliphatic carbocycles. The second-order valence-electron chi connectivity index (χ2n) is 9.29. The Bertz CT molecular complexity index is 1690. The largest absolute Gasteiger partial charge is 0.507 e. The van der Waals surface area contributed by atoms with Crippen molar-refractivity contribution in [3.63, 3.8) is 0 Å². The molecular weight excluding hydrogens is 532 g/mol. The van der Waals surface area contributed by atoms with Crippen LogP contribution in [-0.2, 0) is 16.0 Å². The minimum absolute atomic E-state index is 0.0956. The summed E-state index contributed by atoms with van der Waals surface area (Å²) in [5, 5.41) is 11.9. The van der Waals surface area contributed by atoms with Gasteiger partial charge < -0.3 is 24.1 Å². The van der Waals surface area contributed by atoms with Crippen LogP contribution in [0, 0.1) is 0 Å². The second kappa shape index (κ2) is 10.2. The summed E-state index contributed by atoms with van der Waals surface area (Å²) in [5.41, 5.74) is 2.53. The van der Waals surface area contributed by atoms with E-state index in [2.05, 4.69) is 6.92 Å². The normalized spacial score (nSPS) is 17.9. The number of ether oxygens (including phenoxy) is 4. The number of hydrogen-bond donors (Lipinski definition) is 1. The number of carbonyl (C=O) groups excluding carboxylic acids is 2. The molecule has 40 heavy (non-hydrogen) atoms. The standard InChI is InChI=1S/C30H26N2O7S/c1-4-16-5-8-20-24(13-16)40-30(31-20)32-26(19-15-18(36-2)7-10-21(19)37-3)25(28(34)29(32)35)27(33)17-6-9-22-23(14-17)39-12-11-38-22/h5-10,13-15,26,33H,4,11-12H2,1-3H3/b27-25+. The molecule has 1 atom stereocenters. The highest BCUT2D eigenvalue weighted by Gasteiger charge is 2.49. The van der Waals surface area contributed by atoms with Crippen LogP contribution < -0.4 is 23.8 Å².